The predicted octanol–water partition coefficient (Wildman–Crippen LogP) is 5.34. The highest BCUT2D eigenvalue weighted by Gasteiger charge is 2.35. The lowest BCUT2D eigenvalue weighted by Crippen LogP contribution is -2.26. The van der Waals surface area contributed by atoms with Gasteiger partial charge in [-0.15, -0.1) is 0 Å². The molecular formula is C21H17BrN2O2. The van der Waals surface area contributed by atoms with Gasteiger partial charge in [-0.25, -0.2) is 5.01 Å². The van der Waals surface area contributed by atoms with Gasteiger partial charge in [0.05, 0.1) is 12.0 Å². The maximum Gasteiger partial charge on any atom is 0.274 e. The summed E-state index contributed by atoms with van der Waals surface area (Å²) in [4.78, 5) is 13.1. The average Bonchev–Trinajstić information content (AvgIpc) is 3.32. The van der Waals surface area contributed by atoms with Crippen LogP contribution < -0.4 is 0 Å². The molecule has 2 heterocycles. The first-order valence-corrected chi connectivity index (χ1v) is 9.18. The number of rotatable bonds is 3. The van der Waals surface area contributed by atoms with Gasteiger partial charge in [-0.3, -0.25) is 4.79 Å². The summed E-state index contributed by atoms with van der Waals surface area (Å²) in [5.74, 6) is 0.611. The van der Waals surface area contributed by atoms with Gasteiger partial charge in [-0.1, -0.05) is 45.8 Å². The summed E-state index contributed by atoms with van der Waals surface area (Å²) in [6.07, 6.45) is 2.24. The molecule has 3 aromatic rings. The number of nitrogens with zero attached hydrogens (tertiary/aromatic N) is 2. The molecule has 1 unspecified atom stereocenters. The van der Waals surface area contributed by atoms with Crippen LogP contribution in [-0.4, -0.2) is 16.6 Å². The monoisotopic (exact) mass is 408 g/mol. The summed E-state index contributed by atoms with van der Waals surface area (Å²) in [5.41, 5.74) is 3.61. The molecule has 0 bridgehead atoms. The van der Waals surface area contributed by atoms with E-state index < -0.39 is 0 Å². The van der Waals surface area contributed by atoms with Crippen LogP contribution in [0, 0.1) is 6.92 Å². The minimum atomic E-state index is -0.238. The first kappa shape index (κ1) is 16.8. The van der Waals surface area contributed by atoms with Crippen LogP contribution in [0.15, 0.2) is 80.9 Å². The number of furan rings is 1. The molecule has 0 N–H and O–H groups in total. The minimum Gasteiger partial charge on any atom is -0.467 e. The second-order valence-corrected chi connectivity index (χ2v) is 7.22. The molecule has 1 amide bonds. The first-order valence-electron chi connectivity index (χ1n) is 8.39. The molecule has 2 aromatic carbocycles. The lowest BCUT2D eigenvalue weighted by Gasteiger charge is -2.20. The van der Waals surface area contributed by atoms with Crippen molar-refractivity contribution in [1.82, 2.24) is 5.01 Å². The Morgan fingerprint density at radius 1 is 1.12 bits per heavy atom. The van der Waals surface area contributed by atoms with Gasteiger partial charge in [0.1, 0.15) is 11.8 Å². The molecule has 1 atom stereocenters. The van der Waals surface area contributed by atoms with Crippen molar-refractivity contribution in [3.05, 3.63) is 93.9 Å². The Bertz CT molecular complexity index is 945. The minimum absolute atomic E-state index is 0.126. The fourth-order valence-electron chi connectivity index (χ4n) is 3.05. The zero-order valence-corrected chi connectivity index (χ0v) is 15.8. The van der Waals surface area contributed by atoms with E-state index in [0.717, 1.165) is 27.1 Å². The molecule has 130 valence electrons. The van der Waals surface area contributed by atoms with Crippen LogP contribution in [0.25, 0.3) is 0 Å². The van der Waals surface area contributed by atoms with Gasteiger partial charge in [0.25, 0.3) is 5.91 Å². The molecule has 1 aliphatic rings. The number of aryl methyl sites for hydroxylation is 1. The summed E-state index contributed by atoms with van der Waals surface area (Å²) in [6.45, 7) is 2.00. The van der Waals surface area contributed by atoms with Crippen molar-refractivity contribution >= 4 is 27.5 Å². The third-order valence-corrected chi connectivity index (χ3v) is 4.99. The number of hydrazone groups is 1. The molecule has 0 radical (unpaired) electrons. The van der Waals surface area contributed by atoms with E-state index in [-0.39, 0.29) is 11.9 Å². The van der Waals surface area contributed by atoms with Crippen molar-refractivity contribution in [2.45, 2.75) is 19.4 Å². The molecule has 26 heavy (non-hydrogen) atoms. The van der Waals surface area contributed by atoms with E-state index in [4.69, 9.17) is 4.42 Å². The number of hydrogen-bond acceptors (Lipinski definition) is 3. The zero-order valence-electron chi connectivity index (χ0n) is 14.2. The normalized spacial score (nSPS) is 16.6. The predicted molar refractivity (Wildman–Crippen MR) is 104 cm³/mol. The molecule has 1 aromatic heterocycles. The van der Waals surface area contributed by atoms with Crippen LogP contribution in [-0.2, 0) is 0 Å². The Kier molecular flexibility index (Phi) is 4.47. The van der Waals surface area contributed by atoms with Crippen LogP contribution in [0.2, 0.25) is 0 Å². The number of hydrogen-bond donors (Lipinski definition) is 0. The van der Waals surface area contributed by atoms with Crippen molar-refractivity contribution < 1.29 is 9.21 Å². The Hall–Kier alpha value is -2.66. The summed E-state index contributed by atoms with van der Waals surface area (Å²) in [6, 6.07) is 19.0. The Morgan fingerprint density at radius 3 is 2.50 bits per heavy atom. The maximum atomic E-state index is 13.1. The number of carbonyl (C=O) groups excluding carboxylic acids is 1. The van der Waals surface area contributed by atoms with Crippen molar-refractivity contribution in [2.24, 2.45) is 5.10 Å². The summed E-state index contributed by atoms with van der Waals surface area (Å²) < 4.78 is 6.59. The molecule has 4 nitrogen and oxygen atoms in total. The standard InChI is InChI=1S/C21H17BrN2O2/c1-14-4-6-16(7-5-14)21(25)24-19(20-3-2-12-26-20)13-18(23-24)15-8-10-17(22)11-9-15/h2-12,19H,13H2,1H3. The quantitative estimate of drug-likeness (QED) is 0.586. The molecular weight excluding hydrogens is 392 g/mol. The van der Waals surface area contributed by atoms with Gasteiger partial charge in [0.15, 0.2) is 0 Å². The van der Waals surface area contributed by atoms with Gasteiger partial charge in [-0.2, -0.15) is 5.10 Å². The van der Waals surface area contributed by atoms with Crippen LogP contribution in [0.5, 0.6) is 0 Å². The molecule has 5 heteroatoms. The van der Waals surface area contributed by atoms with Crippen LogP contribution in [0.3, 0.4) is 0 Å². The number of benzene rings is 2. The van der Waals surface area contributed by atoms with Crippen molar-refractivity contribution in [3.8, 4) is 0 Å². The lowest BCUT2D eigenvalue weighted by atomic mass is 10.0. The fourth-order valence-corrected chi connectivity index (χ4v) is 3.31. The molecule has 4 rings (SSSR count). The highest BCUT2D eigenvalue weighted by Crippen LogP contribution is 2.34. The number of amides is 1. The van der Waals surface area contributed by atoms with Gasteiger partial charge in [0.2, 0.25) is 0 Å². The topological polar surface area (TPSA) is 45.8 Å². The molecule has 0 saturated carbocycles. The maximum absolute atomic E-state index is 13.1. The second kappa shape index (κ2) is 6.92. The average molecular weight is 409 g/mol. The zero-order chi connectivity index (χ0) is 18.1. The highest BCUT2D eigenvalue weighted by atomic mass is 79.9. The first-order chi connectivity index (χ1) is 12.6. The van der Waals surface area contributed by atoms with Gasteiger partial charge in [0, 0.05) is 16.5 Å². The summed E-state index contributed by atoms with van der Waals surface area (Å²) in [5, 5.41) is 6.19. The third-order valence-electron chi connectivity index (χ3n) is 4.47. The SMILES string of the molecule is Cc1ccc(C(=O)N2N=C(c3ccc(Br)cc3)CC2c2ccco2)cc1. The van der Waals surface area contributed by atoms with Crippen molar-refractivity contribution in [2.75, 3.05) is 0 Å². The van der Waals surface area contributed by atoms with Crippen LogP contribution in [0.4, 0.5) is 0 Å². The Balaban J connectivity index is 1.70. The van der Waals surface area contributed by atoms with E-state index >= 15 is 0 Å². The van der Waals surface area contributed by atoms with E-state index in [1.165, 1.54) is 0 Å². The Labute approximate surface area is 160 Å². The summed E-state index contributed by atoms with van der Waals surface area (Å²) in [7, 11) is 0. The van der Waals surface area contributed by atoms with Crippen molar-refractivity contribution in [1.29, 1.82) is 0 Å². The summed E-state index contributed by atoms with van der Waals surface area (Å²) >= 11 is 3.45. The van der Waals surface area contributed by atoms with E-state index in [1.807, 2.05) is 67.6 Å². The fraction of sp³-hybridized carbons (Fsp3) is 0.143. The molecule has 0 aliphatic carbocycles. The lowest BCUT2D eigenvalue weighted by molar-refractivity contribution is 0.0693. The largest absolute Gasteiger partial charge is 0.467 e. The third kappa shape index (κ3) is 3.22. The molecule has 0 spiro atoms. The molecule has 0 saturated heterocycles. The smallest absolute Gasteiger partial charge is 0.274 e. The van der Waals surface area contributed by atoms with Crippen molar-refractivity contribution in [3.63, 3.8) is 0 Å². The highest BCUT2D eigenvalue weighted by molar-refractivity contribution is 9.10. The van der Waals surface area contributed by atoms with Gasteiger partial charge in [-0.05, 0) is 48.9 Å². The van der Waals surface area contributed by atoms with E-state index in [2.05, 4.69) is 21.0 Å². The van der Waals surface area contributed by atoms with E-state index in [1.54, 1.807) is 11.3 Å². The second-order valence-electron chi connectivity index (χ2n) is 6.30. The molecule has 1 aliphatic heterocycles. The Morgan fingerprint density at radius 2 is 1.85 bits per heavy atom. The van der Waals surface area contributed by atoms with Crippen LogP contribution >= 0.6 is 15.9 Å². The van der Waals surface area contributed by atoms with Gasteiger partial charge < -0.3 is 4.42 Å². The van der Waals surface area contributed by atoms with Gasteiger partial charge >= 0.3 is 0 Å². The molecule has 0 fully saturated rings. The van der Waals surface area contributed by atoms with E-state index in [9.17, 15) is 4.79 Å². The number of carbonyl (C=O) groups is 1. The number of halogens is 1. The van der Waals surface area contributed by atoms with Crippen LogP contribution in [0.1, 0.15) is 39.7 Å². The van der Waals surface area contributed by atoms with E-state index in [0.29, 0.717) is 12.0 Å².